The van der Waals surface area contributed by atoms with E-state index in [4.69, 9.17) is 46.4 Å². The normalized spacial score (nSPS) is 11.0. The third-order valence-electron chi connectivity index (χ3n) is 3.52. The van der Waals surface area contributed by atoms with Gasteiger partial charge in [0, 0.05) is 31.6 Å². The number of halogens is 4. The average Bonchev–Trinajstić information content (AvgIpc) is 2.54. The third kappa shape index (κ3) is 6.55. The molecule has 130 valence electrons. The van der Waals surface area contributed by atoms with Crippen LogP contribution in [0.25, 0.3) is 0 Å². The van der Waals surface area contributed by atoms with Crippen molar-refractivity contribution in [3.63, 3.8) is 0 Å². The first-order valence-electron chi connectivity index (χ1n) is 7.70. The van der Waals surface area contributed by atoms with E-state index in [1.807, 2.05) is 58.0 Å². The molecule has 0 N–H and O–H groups in total. The summed E-state index contributed by atoms with van der Waals surface area (Å²) in [7, 11) is 3.78. The van der Waals surface area contributed by atoms with Crippen molar-refractivity contribution in [2.24, 2.45) is 0 Å². The quantitative estimate of drug-likeness (QED) is 0.285. The third-order valence-corrected chi connectivity index (χ3v) is 7.51. The van der Waals surface area contributed by atoms with E-state index in [0.717, 1.165) is 68.4 Å². The molecular weight excluding hydrogens is 422 g/mol. The van der Waals surface area contributed by atoms with Crippen molar-refractivity contribution >= 4 is 68.0 Å². The van der Waals surface area contributed by atoms with Gasteiger partial charge < -0.3 is 0 Å². The molecule has 0 saturated heterocycles. The molecule has 0 aliphatic heterocycles. The zero-order chi connectivity index (χ0) is 17.4. The number of rotatable bonds is 9. The molecule has 2 rings (SSSR count). The van der Waals surface area contributed by atoms with Gasteiger partial charge in [-0.3, -0.25) is 0 Å². The minimum absolute atomic E-state index is 0.761. The van der Waals surface area contributed by atoms with E-state index >= 15 is 0 Å². The predicted molar refractivity (Wildman–Crippen MR) is 114 cm³/mol. The first-order chi connectivity index (χ1) is 11.6. The maximum atomic E-state index is 6.18. The van der Waals surface area contributed by atoms with Gasteiger partial charge in [-0.1, -0.05) is 80.1 Å². The van der Waals surface area contributed by atoms with Gasteiger partial charge in [-0.15, -0.1) is 0 Å². The Morgan fingerprint density at radius 2 is 0.917 bits per heavy atom. The predicted octanol–water partition coefficient (Wildman–Crippen LogP) is 8.25. The van der Waals surface area contributed by atoms with Gasteiger partial charge in [-0.05, 0) is 61.1 Å². The summed E-state index contributed by atoms with van der Waals surface area (Å²) in [4.78, 5) is 0. The highest BCUT2D eigenvalue weighted by Crippen LogP contribution is 2.30. The highest BCUT2D eigenvalue weighted by atomic mass is 35.5. The van der Waals surface area contributed by atoms with E-state index in [1.165, 1.54) is 0 Å². The lowest BCUT2D eigenvalue weighted by Gasteiger charge is -2.07. The van der Waals surface area contributed by atoms with E-state index in [2.05, 4.69) is 0 Å². The largest absolute Gasteiger partial charge is 0.0941 e. The number of benzene rings is 2. The smallest absolute Gasteiger partial charge is 0.0452 e. The summed E-state index contributed by atoms with van der Waals surface area (Å²) in [5.74, 6) is 2.16. The lowest BCUT2D eigenvalue weighted by Crippen LogP contribution is -1.91. The Kier molecular flexibility index (Phi) is 9.54. The molecule has 6 heteroatoms. The molecule has 0 unspecified atom stereocenters. The van der Waals surface area contributed by atoms with Crippen molar-refractivity contribution in [2.45, 2.75) is 25.7 Å². The molecule has 0 heterocycles. The van der Waals surface area contributed by atoms with Crippen LogP contribution in [0.1, 0.15) is 24.0 Å². The standard InChI is InChI=1S/C18H18Cl4S2/c19-15-7-1-8-16(20)13(15)5-3-11-23-24-12-4-6-14-17(21)9-2-10-18(14)22/h1-2,7-10H,3-6,11-12H2. The molecule has 24 heavy (non-hydrogen) atoms. The van der Waals surface area contributed by atoms with Crippen LogP contribution < -0.4 is 0 Å². The first kappa shape index (κ1) is 20.6. The fraction of sp³-hybridized carbons (Fsp3) is 0.333. The fourth-order valence-corrected chi connectivity index (χ4v) is 5.62. The summed E-state index contributed by atoms with van der Waals surface area (Å²) in [6, 6.07) is 11.3. The van der Waals surface area contributed by atoms with Gasteiger partial charge in [0.05, 0.1) is 0 Å². The van der Waals surface area contributed by atoms with Crippen LogP contribution in [0.2, 0.25) is 20.1 Å². The molecule has 0 aromatic heterocycles. The topological polar surface area (TPSA) is 0 Å². The number of hydrogen-bond donors (Lipinski definition) is 0. The summed E-state index contributed by atoms with van der Waals surface area (Å²) in [5, 5.41) is 3.04. The second-order valence-corrected chi connectivity index (χ2v) is 9.58. The Morgan fingerprint density at radius 3 is 1.25 bits per heavy atom. The molecule has 0 bridgehead atoms. The van der Waals surface area contributed by atoms with Crippen molar-refractivity contribution in [1.29, 1.82) is 0 Å². The minimum Gasteiger partial charge on any atom is -0.0941 e. The second-order valence-electron chi connectivity index (χ2n) is 5.25. The van der Waals surface area contributed by atoms with Crippen LogP contribution in [0.5, 0.6) is 0 Å². The Bertz CT molecular complexity index is 563. The second kappa shape index (κ2) is 11.1. The van der Waals surface area contributed by atoms with Crippen LogP contribution in [-0.2, 0) is 12.8 Å². The van der Waals surface area contributed by atoms with Gasteiger partial charge in [0.25, 0.3) is 0 Å². The van der Waals surface area contributed by atoms with Gasteiger partial charge in [-0.2, -0.15) is 0 Å². The van der Waals surface area contributed by atoms with Gasteiger partial charge >= 0.3 is 0 Å². The Hall–Kier alpha value is 0.300. The van der Waals surface area contributed by atoms with Crippen molar-refractivity contribution in [3.8, 4) is 0 Å². The summed E-state index contributed by atoms with van der Waals surface area (Å²) in [6.07, 6.45) is 3.97. The van der Waals surface area contributed by atoms with Gasteiger partial charge in [0.15, 0.2) is 0 Å². The zero-order valence-corrected chi connectivity index (χ0v) is 17.7. The van der Waals surface area contributed by atoms with Crippen LogP contribution in [0.4, 0.5) is 0 Å². The lowest BCUT2D eigenvalue weighted by molar-refractivity contribution is 0.933. The Morgan fingerprint density at radius 1 is 0.583 bits per heavy atom. The molecule has 0 radical (unpaired) electrons. The Balaban J connectivity index is 1.59. The maximum Gasteiger partial charge on any atom is 0.0452 e. The Labute approximate surface area is 172 Å². The monoisotopic (exact) mass is 438 g/mol. The van der Waals surface area contributed by atoms with Crippen molar-refractivity contribution in [3.05, 3.63) is 67.6 Å². The van der Waals surface area contributed by atoms with E-state index in [-0.39, 0.29) is 0 Å². The van der Waals surface area contributed by atoms with E-state index in [9.17, 15) is 0 Å². The fourth-order valence-electron chi connectivity index (χ4n) is 2.28. The molecule has 0 aliphatic rings. The summed E-state index contributed by atoms with van der Waals surface area (Å²) in [6.45, 7) is 0. The summed E-state index contributed by atoms with van der Waals surface area (Å²) < 4.78 is 0. The van der Waals surface area contributed by atoms with Crippen molar-refractivity contribution in [2.75, 3.05) is 11.5 Å². The molecule has 0 fully saturated rings. The van der Waals surface area contributed by atoms with Crippen molar-refractivity contribution < 1.29 is 0 Å². The SMILES string of the molecule is Clc1cccc(Cl)c1CCCSSCCCc1c(Cl)cccc1Cl. The molecule has 0 saturated carbocycles. The van der Waals surface area contributed by atoms with E-state index in [0.29, 0.717) is 0 Å². The first-order valence-corrected chi connectivity index (χ1v) is 11.7. The van der Waals surface area contributed by atoms with Gasteiger partial charge in [0.1, 0.15) is 0 Å². The van der Waals surface area contributed by atoms with E-state index < -0.39 is 0 Å². The molecule has 0 aliphatic carbocycles. The molecule has 0 amide bonds. The van der Waals surface area contributed by atoms with E-state index in [1.54, 1.807) is 0 Å². The summed E-state index contributed by atoms with van der Waals surface area (Å²) >= 11 is 24.7. The molecule has 2 aromatic carbocycles. The zero-order valence-electron chi connectivity index (χ0n) is 13.0. The molecule has 0 spiro atoms. The summed E-state index contributed by atoms with van der Waals surface area (Å²) in [5.41, 5.74) is 2.11. The van der Waals surface area contributed by atoms with Crippen LogP contribution in [0.3, 0.4) is 0 Å². The van der Waals surface area contributed by atoms with Crippen LogP contribution >= 0.6 is 68.0 Å². The highest BCUT2D eigenvalue weighted by molar-refractivity contribution is 8.76. The molecule has 2 aromatic rings. The number of hydrogen-bond acceptors (Lipinski definition) is 2. The van der Waals surface area contributed by atoms with Crippen LogP contribution in [0.15, 0.2) is 36.4 Å². The van der Waals surface area contributed by atoms with Crippen LogP contribution in [-0.4, -0.2) is 11.5 Å². The molecule has 0 atom stereocenters. The maximum absolute atomic E-state index is 6.18. The average molecular weight is 440 g/mol. The van der Waals surface area contributed by atoms with Gasteiger partial charge in [-0.25, -0.2) is 0 Å². The highest BCUT2D eigenvalue weighted by Gasteiger charge is 2.06. The molecule has 0 nitrogen and oxygen atoms in total. The minimum atomic E-state index is 0.761. The van der Waals surface area contributed by atoms with Crippen molar-refractivity contribution in [1.82, 2.24) is 0 Å². The van der Waals surface area contributed by atoms with Gasteiger partial charge in [0.2, 0.25) is 0 Å². The van der Waals surface area contributed by atoms with Crippen LogP contribution in [0, 0.1) is 0 Å². The molecular formula is C18H18Cl4S2. The lowest BCUT2D eigenvalue weighted by atomic mass is 10.1.